The number of fused-ring (bicyclic) bond motifs is 1. The molecule has 5 heteroatoms. The molecule has 0 atom stereocenters. The topological polar surface area (TPSA) is 62.8 Å². The highest BCUT2D eigenvalue weighted by Gasteiger charge is 2.19. The molecule has 0 fully saturated rings. The van der Waals surface area contributed by atoms with Crippen LogP contribution in [0.1, 0.15) is 15.9 Å². The van der Waals surface area contributed by atoms with Gasteiger partial charge in [0.2, 0.25) is 0 Å². The molecule has 0 aliphatic carbocycles. The van der Waals surface area contributed by atoms with Crippen molar-refractivity contribution in [1.82, 2.24) is 9.97 Å². The fourth-order valence-corrected chi connectivity index (χ4v) is 3.31. The number of ketones is 1. The Kier molecular flexibility index (Phi) is 4.87. The molecule has 28 heavy (non-hydrogen) atoms. The molecule has 2 aromatic carbocycles. The lowest BCUT2D eigenvalue weighted by Crippen LogP contribution is -2.18. The Morgan fingerprint density at radius 3 is 2.50 bits per heavy atom. The Balaban J connectivity index is 1.95. The lowest BCUT2D eigenvalue weighted by atomic mass is 9.94. The maximum Gasteiger partial charge on any atom is 0.260 e. The van der Waals surface area contributed by atoms with E-state index in [0.717, 1.165) is 11.1 Å². The summed E-state index contributed by atoms with van der Waals surface area (Å²) in [5, 5.41) is 1.22. The van der Waals surface area contributed by atoms with Crippen molar-refractivity contribution in [3.63, 3.8) is 0 Å². The predicted molar refractivity (Wildman–Crippen MR) is 113 cm³/mol. The van der Waals surface area contributed by atoms with Crippen molar-refractivity contribution in [2.24, 2.45) is 0 Å². The minimum absolute atomic E-state index is 0.0770. The third-order valence-electron chi connectivity index (χ3n) is 4.42. The second kappa shape index (κ2) is 7.62. The van der Waals surface area contributed by atoms with Gasteiger partial charge in [-0.25, -0.2) is 0 Å². The van der Waals surface area contributed by atoms with Crippen LogP contribution in [-0.4, -0.2) is 15.8 Å². The summed E-state index contributed by atoms with van der Waals surface area (Å²) in [5.74, 6) is -0.376. The Labute approximate surface area is 166 Å². The summed E-state index contributed by atoms with van der Waals surface area (Å²) in [4.78, 5) is 32.6. The van der Waals surface area contributed by atoms with Crippen LogP contribution < -0.4 is 5.56 Å². The molecule has 2 heterocycles. The average molecular weight is 387 g/mol. The largest absolute Gasteiger partial charge is 0.321 e. The molecule has 136 valence electrons. The third kappa shape index (κ3) is 3.50. The Bertz CT molecular complexity index is 1250. The SMILES string of the molecule is O=C(C=Cc1ccccc1)c1c(-c2ccncc2)c2cc(Cl)ccc2[nH]c1=O. The first-order valence-corrected chi connectivity index (χ1v) is 9.05. The van der Waals surface area contributed by atoms with Crippen LogP contribution in [0, 0.1) is 0 Å². The van der Waals surface area contributed by atoms with Crippen LogP contribution in [0.15, 0.2) is 83.9 Å². The molecule has 4 nitrogen and oxygen atoms in total. The van der Waals surface area contributed by atoms with Gasteiger partial charge in [-0.3, -0.25) is 14.6 Å². The molecule has 2 aromatic heterocycles. The number of benzene rings is 2. The maximum absolute atomic E-state index is 13.0. The van der Waals surface area contributed by atoms with E-state index in [2.05, 4.69) is 9.97 Å². The molecule has 0 aliphatic rings. The Hall–Kier alpha value is -3.50. The van der Waals surface area contributed by atoms with Gasteiger partial charge in [0, 0.05) is 33.9 Å². The fourth-order valence-electron chi connectivity index (χ4n) is 3.14. The van der Waals surface area contributed by atoms with Crippen molar-refractivity contribution in [2.45, 2.75) is 0 Å². The van der Waals surface area contributed by atoms with E-state index in [9.17, 15) is 9.59 Å². The second-order valence-electron chi connectivity index (χ2n) is 6.24. The van der Waals surface area contributed by atoms with E-state index >= 15 is 0 Å². The van der Waals surface area contributed by atoms with Crippen LogP contribution in [0.2, 0.25) is 5.02 Å². The molecule has 0 saturated heterocycles. The number of H-pyrrole nitrogens is 1. The summed E-state index contributed by atoms with van der Waals surface area (Å²) in [6, 6.07) is 18.2. The summed E-state index contributed by atoms with van der Waals surface area (Å²) < 4.78 is 0. The van der Waals surface area contributed by atoms with Gasteiger partial charge >= 0.3 is 0 Å². The first-order valence-electron chi connectivity index (χ1n) is 8.67. The lowest BCUT2D eigenvalue weighted by Gasteiger charge is -2.11. The number of rotatable bonds is 4. The van der Waals surface area contributed by atoms with Crippen molar-refractivity contribution < 1.29 is 4.79 Å². The van der Waals surface area contributed by atoms with Gasteiger partial charge in [-0.05, 0) is 47.5 Å². The van der Waals surface area contributed by atoms with Gasteiger partial charge in [0.1, 0.15) is 0 Å². The summed E-state index contributed by atoms with van der Waals surface area (Å²) in [7, 11) is 0. The van der Waals surface area contributed by atoms with E-state index in [0.29, 0.717) is 21.5 Å². The number of allylic oxidation sites excluding steroid dienone is 1. The van der Waals surface area contributed by atoms with Crippen molar-refractivity contribution in [3.05, 3.63) is 106 Å². The summed E-state index contributed by atoms with van der Waals surface area (Å²) in [6.07, 6.45) is 6.36. The van der Waals surface area contributed by atoms with Crippen molar-refractivity contribution in [1.29, 1.82) is 0 Å². The minimum Gasteiger partial charge on any atom is -0.321 e. The molecule has 4 aromatic rings. The molecule has 0 radical (unpaired) electrons. The van der Waals surface area contributed by atoms with Crippen molar-refractivity contribution >= 4 is 34.4 Å². The van der Waals surface area contributed by atoms with E-state index < -0.39 is 5.56 Å². The Morgan fingerprint density at radius 1 is 1.00 bits per heavy atom. The van der Waals surface area contributed by atoms with Crippen molar-refractivity contribution in [2.75, 3.05) is 0 Å². The van der Waals surface area contributed by atoms with E-state index in [1.54, 1.807) is 48.8 Å². The second-order valence-corrected chi connectivity index (χ2v) is 6.67. The Morgan fingerprint density at radius 2 is 1.75 bits per heavy atom. The van der Waals surface area contributed by atoms with Crippen molar-refractivity contribution in [3.8, 4) is 11.1 Å². The standard InChI is InChI=1S/C23H15ClN2O2/c24-17-7-8-19-18(14-17)21(16-10-12-25-13-11-16)22(23(28)26-19)20(27)9-6-15-4-2-1-3-5-15/h1-14H,(H,26,28). The highest BCUT2D eigenvalue weighted by molar-refractivity contribution is 6.31. The summed E-state index contributed by atoms with van der Waals surface area (Å²) >= 11 is 6.19. The van der Waals surface area contributed by atoms with Gasteiger partial charge in [-0.15, -0.1) is 0 Å². The number of nitrogens with one attached hydrogen (secondary N) is 1. The molecule has 0 spiro atoms. The molecular weight excluding hydrogens is 372 g/mol. The lowest BCUT2D eigenvalue weighted by molar-refractivity contribution is 0.104. The van der Waals surface area contributed by atoms with Gasteiger partial charge in [0.15, 0.2) is 5.78 Å². The van der Waals surface area contributed by atoms with Gasteiger partial charge in [0.25, 0.3) is 5.56 Å². The number of halogens is 1. The molecule has 0 aliphatic heterocycles. The maximum atomic E-state index is 13.0. The predicted octanol–water partition coefficient (Wildman–Crippen LogP) is 5.14. The minimum atomic E-state index is -0.440. The fraction of sp³-hybridized carbons (Fsp3) is 0. The number of carbonyl (C=O) groups excluding carboxylic acids is 1. The monoisotopic (exact) mass is 386 g/mol. The van der Waals surface area contributed by atoms with Crippen LogP contribution in [0.3, 0.4) is 0 Å². The number of nitrogens with zero attached hydrogens (tertiary/aromatic N) is 1. The summed E-state index contributed by atoms with van der Waals surface area (Å²) in [6.45, 7) is 0. The molecular formula is C23H15ClN2O2. The van der Waals surface area contributed by atoms with Crippen LogP contribution in [-0.2, 0) is 0 Å². The van der Waals surface area contributed by atoms with E-state index in [1.807, 2.05) is 30.3 Å². The molecule has 4 rings (SSSR count). The highest BCUT2D eigenvalue weighted by atomic mass is 35.5. The first kappa shape index (κ1) is 17.9. The first-order chi connectivity index (χ1) is 13.6. The zero-order valence-electron chi connectivity index (χ0n) is 14.7. The van der Waals surface area contributed by atoms with E-state index in [1.165, 1.54) is 6.08 Å². The molecule has 1 N–H and O–H groups in total. The van der Waals surface area contributed by atoms with Crippen LogP contribution in [0.5, 0.6) is 0 Å². The molecule has 0 saturated carbocycles. The van der Waals surface area contributed by atoms with Gasteiger partial charge in [-0.2, -0.15) is 0 Å². The number of hydrogen-bond donors (Lipinski definition) is 1. The number of aromatic amines is 1. The van der Waals surface area contributed by atoms with E-state index in [4.69, 9.17) is 11.6 Å². The molecule has 0 bridgehead atoms. The zero-order valence-corrected chi connectivity index (χ0v) is 15.5. The van der Waals surface area contributed by atoms with Gasteiger partial charge < -0.3 is 4.98 Å². The van der Waals surface area contributed by atoms with Crippen LogP contribution >= 0.6 is 11.6 Å². The van der Waals surface area contributed by atoms with Crippen LogP contribution in [0.4, 0.5) is 0 Å². The third-order valence-corrected chi connectivity index (χ3v) is 4.65. The normalized spacial score (nSPS) is 11.2. The zero-order chi connectivity index (χ0) is 19.5. The van der Waals surface area contributed by atoms with Crippen LogP contribution in [0.25, 0.3) is 28.1 Å². The van der Waals surface area contributed by atoms with Gasteiger partial charge in [0.05, 0.1) is 5.56 Å². The number of carbonyl (C=O) groups is 1. The number of pyridine rings is 2. The average Bonchev–Trinajstić information content (AvgIpc) is 2.73. The molecule has 0 amide bonds. The summed E-state index contributed by atoms with van der Waals surface area (Å²) in [5.41, 5.74) is 2.40. The quantitative estimate of drug-likeness (QED) is 0.390. The molecule has 0 unspecified atom stereocenters. The van der Waals surface area contributed by atoms with Gasteiger partial charge in [-0.1, -0.05) is 48.0 Å². The smallest absolute Gasteiger partial charge is 0.260 e. The number of hydrogen-bond acceptors (Lipinski definition) is 3. The number of aromatic nitrogens is 2. The highest BCUT2D eigenvalue weighted by Crippen LogP contribution is 2.31. The van der Waals surface area contributed by atoms with E-state index in [-0.39, 0.29) is 11.3 Å².